The van der Waals surface area contributed by atoms with Crippen molar-refractivity contribution in [3.63, 3.8) is 0 Å². The number of rotatable bonds is 29. The van der Waals surface area contributed by atoms with Crippen LogP contribution in [0.5, 0.6) is 0 Å². The molecule has 4 unspecified atom stereocenters. The van der Waals surface area contributed by atoms with E-state index in [-0.39, 0.29) is 83.0 Å². The van der Waals surface area contributed by atoms with Crippen LogP contribution in [0.25, 0.3) is 0 Å². The van der Waals surface area contributed by atoms with Gasteiger partial charge in [-0.05, 0) is 0 Å². The lowest BCUT2D eigenvalue weighted by Gasteiger charge is -2.35. The zero-order valence-corrected chi connectivity index (χ0v) is 40.1. The largest absolute Gasteiger partial charge is 0.480 e. The van der Waals surface area contributed by atoms with Crippen LogP contribution in [0.1, 0.15) is 20.8 Å². The van der Waals surface area contributed by atoms with Crippen molar-refractivity contribution in [2.45, 2.75) is 20.8 Å². The monoisotopic (exact) mass is 979 g/mol. The highest BCUT2D eigenvalue weighted by atomic mass is 31.2. The van der Waals surface area contributed by atoms with Crippen LogP contribution in [0.2, 0.25) is 0 Å². The van der Waals surface area contributed by atoms with E-state index in [4.69, 9.17) is 25.8 Å². The molecule has 0 saturated carbocycles. The third kappa shape index (κ3) is 32.4. The van der Waals surface area contributed by atoms with Gasteiger partial charge in [0.25, 0.3) is 0 Å². The van der Waals surface area contributed by atoms with Gasteiger partial charge in [-0.1, -0.05) is 20.8 Å². The van der Waals surface area contributed by atoms with Crippen molar-refractivity contribution in [2.24, 2.45) is 0 Å². The first-order valence-corrected chi connectivity index (χ1v) is 28.6. The van der Waals surface area contributed by atoms with Crippen molar-refractivity contribution in [3.05, 3.63) is 0 Å². The van der Waals surface area contributed by atoms with Crippen molar-refractivity contribution in [1.82, 2.24) is 34.3 Å². The van der Waals surface area contributed by atoms with Gasteiger partial charge in [0.2, 0.25) is 29.5 Å². The van der Waals surface area contributed by atoms with Crippen LogP contribution >= 0.6 is 29.5 Å². The molecule has 1 fully saturated rings. The highest BCUT2D eigenvalue weighted by Gasteiger charge is 2.28. The van der Waals surface area contributed by atoms with Gasteiger partial charge in [-0.25, -0.2) is 9.78 Å². The summed E-state index contributed by atoms with van der Waals surface area (Å²) in [7, 11) is -13.5. The van der Waals surface area contributed by atoms with Gasteiger partial charge in [-0.15, -0.1) is 0 Å². The van der Waals surface area contributed by atoms with Gasteiger partial charge >= 0.3 is 17.9 Å². The average Bonchev–Trinajstić information content (AvgIpc) is 3.16. The molecule has 29 heteroatoms. The van der Waals surface area contributed by atoms with Crippen molar-refractivity contribution >= 4 is 47.4 Å². The van der Waals surface area contributed by atoms with Crippen molar-refractivity contribution < 1.29 is 87.8 Å². The molecule has 1 saturated heterocycles. The average molecular weight is 980 g/mol. The maximum Gasteiger partial charge on any atom is 0.317 e. The Balaban J connectivity index is 0.00000124. The normalized spacial score (nSPS) is 19.6. The van der Waals surface area contributed by atoms with Crippen molar-refractivity contribution in [1.29, 1.82) is 0 Å². The van der Waals surface area contributed by atoms with Gasteiger partial charge in [0.15, 0.2) is 0 Å². The third-order valence-corrected chi connectivity index (χ3v) is 16.1. The molecule has 0 radical (unpaired) electrons. The van der Waals surface area contributed by atoms with Gasteiger partial charge in [0.05, 0.1) is 58.0 Å². The van der Waals surface area contributed by atoms with E-state index in [2.05, 4.69) is 9.78 Å². The van der Waals surface area contributed by atoms with Crippen LogP contribution < -0.4 is 0 Å². The van der Waals surface area contributed by atoms with Gasteiger partial charge in [0.1, 0.15) is 0 Å². The Morgan fingerprint density at radius 3 is 0.984 bits per heavy atom. The minimum atomic E-state index is -3.37. The fourth-order valence-corrected chi connectivity index (χ4v) is 10.4. The fourth-order valence-electron chi connectivity index (χ4n) is 6.05. The maximum atomic E-state index is 12.5. The lowest BCUT2D eigenvalue weighted by Crippen LogP contribution is -2.46. The number of nitrogens with zero attached hydrogens (tertiary/aromatic N) is 7. The molecule has 0 aromatic heterocycles. The second-order valence-electron chi connectivity index (χ2n) is 15.3. The quantitative estimate of drug-likeness (QED) is 0.0269. The van der Waals surface area contributed by atoms with Gasteiger partial charge in [-0.2, -0.15) is 0 Å². The SMILES string of the molecule is CCP(=O)(O)CN1CCN(CP(C)(=O)O)CCN(CP(=O)(O)CC)CCN(CP(=O)(O)CC)CC1.O=C(O)CN(CCN(CCOO)CCOO)CCN(CC(=O)O)CC(=O)O. The van der Waals surface area contributed by atoms with E-state index in [1.807, 2.05) is 19.6 Å². The number of carboxylic acid groups (broad SMARTS) is 3. The zero-order valence-electron chi connectivity index (χ0n) is 36.5. The Kier molecular flexibility index (Phi) is 31.0. The lowest BCUT2D eigenvalue weighted by atomic mass is 10.3. The molecule has 1 heterocycles. The number of hydrogen-bond acceptors (Lipinski definition) is 18. The molecule has 0 aromatic rings. The van der Waals surface area contributed by atoms with E-state index in [0.29, 0.717) is 72.0 Å². The number of carbonyl (C=O) groups is 3. The van der Waals surface area contributed by atoms with Crippen LogP contribution in [0.3, 0.4) is 0 Å². The van der Waals surface area contributed by atoms with Crippen molar-refractivity contribution in [3.8, 4) is 0 Å². The number of hydrogen-bond donors (Lipinski definition) is 9. The van der Waals surface area contributed by atoms with Crippen LogP contribution in [0.4, 0.5) is 0 Å². The minimum Gasteiger partial charge on any atom is -0.480 e. The summed E-state index contributed by atoms with van der Waals surface area (Å²) >= 11 is 0. The first-order chi connectivity index (χ1) is 28.8. The smallest absolute Gasteiger partial charge is 0.317 e. The summed E-state index contributed by atoms with van der Waals surface area (Å²) in [5, 5.41) is 43.6. The molecule has 1 rings (SSSR count). The summed E-state index contributed by atoms with van der Waals surface area (Å²) in [6, 6.07) is 0. The molecule has 0 amide bonds. The van der Waals surface area contributed by atoms with Crippen molar-refractivity contribution in [2.75, 3.05) is 175 Å². The standard InChI is InChI=1S/C19H46N4O8P4.C14H27N3O10/c1-5-33(26,27)17-21-10-8-20(16-32(4,24)25)9-11-22(18-34(28,29)6-2)13-15-23(14-12-21)19-35(30,31)7-3;18-12(19)9-16(2-1-15(5-7-26-24)6-8-27-25)3-4-17(10-13(20)21)11-14(22)23/h5-19H2,1-4H3,(H,24,25)(H,26,27)(H,28,29)(H,30,31);24-25H,1-11H2,(H,18,19)(H,20,21)(H,22,23). The predicted octanol–water partition coefficient (Wildman–Crippen LogP) is -0.0655. The molecule has 0 aliphatic carbocycles. The Hall–Kier alpha value is -1.27. The maximum absolute atomic E-state index is 12.5. The van der Waals surface area contributed by atoms with Gasteiger partial charge in [-0.3, -0.25) is 77.5 Å². The van der Waals surface area contributed by atoms with Crippen LogP contribution in [-0.4, -0.2) is 272 Å². The van der Waals surface area contributed by atoms with E-state index in [1.54, 1.807) is 25.7 Å². The molecule has 9 N–H and O–H groups in total. The summed E-state index contributed by atoms with van der Waals surface area (Å²) in [5.41, 5.74) is 0. The molecule has 0 bridgehead atoms. The second kappa shape index (κ2) is 31.6. The number of aliphatic carboxylic acids is 3. The first kappa shape index (κ1) is 60.7. The van der Waals surface area contributed by atoms with E-state index >= 15 is 0 Å². The molecule has 0 spiro atoms. The molecule has 368 valence electrons. The molecule has 1 aliphatic heterocycles. The fraction of sp³-hybridized carbons (Fsp3) is 0.909. The Bertz CT molecular complexity index is 1430. The second-order valence-corrected chi connectivity index (χ2v) is 25.5. The molecular weight excluding hydrogens is 906 g/mol. The van der Waals surface area contributed by atoms with Crippen LogP contribution in [0, 0.1) is 0 Å². The summed E-state index contributed by atoms with van der Waals surface area (Å²) in [5.74, 6) is -3.44. The molecule has 0 aromatic carbocycles. The Morgan fingerprint density at radius 1 is 0.468 bits per heavy atom. The molecule has 4 atom stereocenters. The van der Waals surface area contributed by atoms with E-state index in [9.17, 15) is 52.2 Å². The predicted molar refractivity (Wildman–Crippen MR) is 232 cm³/mol. The minimum absolute atomic E-state index is 0.00929. The molecule has 62 heavy (non-hydrogen) atoms. The molecule has 25 nitrogen and oxygen atoms in total. The summed E-state index contributed by atoms with van der Waals surface area (Å²) in [6.07, 6.45) is 0.299. The lowest BCUT2D eigenvalue weighted by molar-refractivity contribution is -0.251. The summed E-state index contributed by atoms with van der Waals surface area (Å²) in [4.78, 5) is 93.2. The topological polar surface area (TPSA) is 343 Å². The molecule has 1 aliphatic rings. The first-order valence-electron chi connectivity index (χ1n) is 20.2. The number of carboxylic acids is 3. The van der Waals surface area contributed by atoms with Crippen LogP contribution in [-0.2, 0) is 42.4 Å². The Morgan fingerprint density at radius 2 is 0.726 bits per heavy atom. The van der Waals surface area contributed by atoms with E-state index in [0.717, 1.165) is 0 Å². The Labute approximate surface area is 364 Å². The third-order valence-electron chi connectivity index (χ3n) is 9.68. The summed E-state index contributed by atoms with van der Waals surface area (Å²) < 4.78 is 49.5. The van der Waals surface area contributed by atoms with Crippen LogP contribution in [0.15, 0.2) is 0 Å². The van der Waals surface area contributed by atoms with Gasteiger partial charge in [0, 0.05) is 117 Å². The molecular formula is C33H73N7O18P4. The zero-order chi connectivity index (χ0) is 47.6. The highest BCUT2D eigenvalue weighted by molar-refractivity contribution is 7.58. The van der Waals surface area contributed by atoms with Gasteiger partial charge < -0.3 is 34.9 Å². The summed E-state index contributed by atoms with van der Waals surface area (Å²) in [6.45, 7) is 9.57. The highest BCUT2D eigenvalue weighted by Crippen LogP contribution is 2.43. The van der Waals surface area contributed by atoms with E-state index < -0.39 is 60.5 Å². The van der Waals surface area contributed by atoms with E-state index in [1.165, 1.54) is 16.5 Å².